The van der Waals surface area contributed by atoms with Crippen molar-refractivity contribution in [2.45, 2.75) is 6.54 Å². The zero-order valence-electron chi connectivity index (χ0n) is 8.27. The summed E-state index contributed by atoms with van der Waals surface area (Å²) in [5.74, 6) is 0.528. The van der Waals surface area contributed by atoms with Crippen LogP contribution in [-0.4, -0.2) is 15.0 Å². The first-order valence-electron chi connectivity index (χ1n) is 4.63. The predicted octanol–water partition coefficient (Wildman–Crippen LogP) is 1.54. The van der Waals surface area contributed by atoms with Crippen LogP contribution in [0.15, 0.2) is 40.1 Å². The number of hydrogen-bond donors (Lipinski definition) is 2. The highest BCUT2D eigenvalue weighted by Gasteiger charge is 2.03. The van der Waals surface area contributed by atoms with E-state index < -0.39 is 0 Å². The van der Waals surface area contributed by atoms with Gasteiger partial charge < -0.3 is 10.3 Å². The van der Waals surface area contributed by atoms with Gasteiger partial charge in [0.2, 0.25) is 0 Å². The average molecular weight is 281 g/mol. The fourth-order valence-electron chi connectivity index (χ4n) is 1.19. The number of aromatic amines is 1. The molecule has 0 aliphatic carbocycles. The van der Waals surface area contributed by atoms with E-state index in [4.69, 9.17) is 0 Å². The molecule has 0 spiro atoms. The molecular formula is C10H9BrN4O. The smallest absolute Gasteiger partial charge is 0.267 e. The largest absolute Gasteiger partial charge is 0.365 e. The third kappa shape index (κ3) is 2.46. The monoisotopic (exact) mass is 280 g/mol. The molecule has 2 rings (SSSR count). The molecule has 6 heteroatoms. The molecule has 2 N–H and O–H groups in total. The topological polar surface area (TPSA) is 70.7 Å². The highest BCUT2D eigenvalue weighted by molar-refractivity contribution is 9.10. The second-order valence-electron chi connectivity index (χ2n) is 3.10. The Morgan fingerprint density at radius 1 is 1.38 bits per heavy atom. The standard InChI is InChI=1S/C10H9BrN4O/c11-8-9(14-6-15-10(8)16)13-5-7-1-3-12-4-2-7/h1-4,6H,5H2,(H2,13,14,15,16). The SMILES string of the molecule is O=c1[nH]cnc(NCc2ccncc2)c1Br. The van der Waals surface area contributed by atoms with Crippen molar-refractivity contribution >= 4 is 21.7 Å². The number of nitrogens with one attached hydrogen (secondary N) is 2. The van der Waals surface area contributed by atoms with Gasteiger partial charge >= 0.3 is 0 Å². The van der Waals surface area contributed by atoms with E-state index in [0.717, 1.165) is 5.56 Å². The second-order valence-corrected chi connectivity index (χ2v) is 3.90. The van der Waals surface area contributed by atoms with Gasteiger partial charge in [0.1, 0.15) is 10.3 Å². The summed E-state index contributed by atoms with van der Waals surface area (Å²) in [6, 6.07) is 3.79. The lowest BCUT2D eigenvalue weighted by atomic mass is 10.3. The molecule has 0 saturated heterocycles. The number of anilines is 1. The second kappa shape index (κ2) is 4.89. The van der Waals surface area contributed by atoms with E-state index in [0.29, 0.717) is 16.8 Å². The van der Waals surface area contributed by atoms with Crippen LogP contribution in [0, 0.1) is 0 Å². The summed E-state index contributed by atoms with van der Waals surface area (Å²) in [7, 11) is 0. The minimum atomic E-state index is -0.202. The Labute approximate surface area is 100 Å². The van der Waals surface area contributed by atoms with Crippen LogP contribution < -0.4 is 10.9 Å². The fourth-order valence-corrected chi connectivity index (χ4v) is 1.55. The Hall–Kier alpha value is -1.69. The maximum absolute atomic E-state index is 11.3. The molecule has 0 bridgehead atoms. The lowest BCUT2D eigenvalue weighted by molar-refractivity contribution is 1.04. The molecule has 0 atom stereocenters. The summed E-state index contributed by atoms with van der Waals surface area (Å²) < 4.78 is 0.407. The number of hydrogen-bond acceptors (Lipinski definition) is 4. The zero-order valence-corrected chi connectivity index (χ0v) is 9.86. The van der Waals surface area contributed by atoms with Crippen molar-refractivity contribution in [2.75, 3.05) is 5.32 Å². The van der Waals surface area contributed by atoms with Gasteiger partial charge in [-0.1, -0.05) is 0 Å². The highest BCUT2D eigenvalue weighted by atomic mass is 79.9. The molecule has 0 unspecified atom stereocenters. The van der Waals surface area contributed by atoms with E-state index in [-0.39, 0.29) is 5.56 Å². The maximum Gasteiger partial charge on any atom is 0.267 e. The molecule has 5 nitrogen and oxygen atoms in total. The first-order chi connectivity index (χ1) is 7.77. The van der Waals surface area contributed by atoms with Crippen LogP contribution in [0.25, 0.3) is 0 Å². The van der Waals surface area contributed by atoms with Gasteiger partial charge in [0, 0.05) is 18.9 Å². The number of nitrogens with zero attached hydrogens (tertiary/aromatic N) is 2. The predicted molar refractivity (Wildman–Crippen MR) is 64.1 cm³/mol. The minimum Gasteiger partial charge on any atom is -0.365 e. The van der Waals surface area contributed by atoms with Crippen LogP contribution in [0.5, 0.6) is 0 Å². The van der Waals surface area contributed by atoms with Crippen LogP contribution in [0.2, 0.25) is 0 Å². The molecule has 0 aliphatic heterocycles. The first-order valence-corrected chi connectivity index (χ1v) is 5.42. The Kier molecular flexibility index (Phi) is 3.31. The van der Waals surface area contributed by atoms with Crippen LogP contribution in [0.1, 0.15) is 5.56 Å². The summed E-state index contributed by atoms with van der Waals surface area (Å²) in [4.78, 5) is 21.7. The molecule has 2 aromatic rings. The molecule has 16 heavy (non-hydrogen) atoms. The molecule has 0 aromatic carbocycles. The van der Waals surface area contributed by atoms with Gasteiger partial charge in [-0.2, -0.15) is 0 Å². The van der Waals surface area contributed by atoms with E-state index in [2.05, 4.69) is 36.2 Å². The van der Waals surface area contributed by atoms with Crippen molar-refractivity contribution < 1.29 is 0 Å². The van der Waals surface area contributed by atoms with Gasteiger partial charge in [-0.3, -0.25) is 9.78 Å². The molecule has 0 radical (unpaired) electrons. The van der Waals surface area contributed by atoms with Crippen molar-refractivity contribution in [2.24, 2.45) is 0 Å². The molecule has 0 amide bonds. The van der Waals surface area contributed by atoms with E-state index in [1.165, 1.54) is 6.33 Å². The van der Waals surface area contributed by atoms with E-state index >= 15 is 0 Å². The highest BCUT2D eigenvalue weighted by Crippen LogP contribution is 2.13. The van der Waals surface area contributed by atoms with E-state index in [1.54, 1.807) is 12.4 Å². The Balaban J connectivity index is 2.11. The first kappa shape index (κ1) is 10.8. The molecule has 82 valence electrons. The number of H-pyrrole nitrogens is 1. The Morgan fingerprint density at radius 2 is 2.12 bits per heavy atom. The Morgan fingerprint density at radius 3 is 2.88 bits per heavy atom. The summed E-state index contributed by atoms with van der Waals surface area (Å²) >= 11 is 3.17. The van der Waals surface area contributed by atoms with Gasteiger partial charge in [0.15, 0.2) is 0 Å². The lowest BCUT2D eigenvalue weighted by Gasteiger charge is -2.05. The zero-order chi connectivity index (χ0) is 11.4. The fraction of sp³-hybridized carbons (Fsp3) is 0.100. The van der Waals surface area contributed by atoms with Crippen molar-refractivity contribution in [1.82, 2.24) is 15.0 Å². The van der Waals surface area contributed by atoms with E-state index in [9.17, 15) is 4.79 Å². The lowest BCUT2D eigenvalue weighted by Crippen LogP contribution is -2.12. The average Bonchev–Trinajstić information content (AvgIpc) is 2.32. The summed E-state index contributed by atoms with van der Waals surface area (Å²) in [6.07, 6.45) is 4.80. The number of aromatic nitrogens is 3. The molecular weight excluding hydrogens is 272 g/mol. The number of rotatable bonds is 3. The van der Waals surface area contributed by atoms with Crippen LogP contribution >= 0.6 is 15.9 Å². The molecule has 2 aromatic heterocycles. The maximum atomic E-state index is 11.3. The van der Waals surface area contributed by atoms with E-state index in [1.807, 2.05) is 12.1 Å². The van der Waals surface area contributed by atoms with Crippen molar-refractivity contribution in [1.29, 1.82) is 0 Å². The molecule has 2 heterocycles. The molecule has 0 aliphatic rings. The third-order valence-electron chi connectivity index (χ3n) is 2.01. The van der Waals surface area contributed by atoms with Gasteiger partial charge in [-0.05, 0) is 33.6 Å². The van der Waals surface area contributed by atoms with Crippen molar-refractivity contribution in [3.8, 4) is 0 Å². The normalized spacial score (nSPS) is 10.1. The van der Waals surface area contributed by atoms with Gasteiger partial charge in [-0.15, -0.1) is 0 Å². The summed E-state index contributed by atoms with van der Waals surface area (Å²) in [5.41, 5.74) is 0.871. The number of halogens is 1. The minimum absolute atomic E-state index is 0.202. The Bertz CT molecular complexity index is 526. The van der Waals surface area contributed by atoms with Crippen molar-refractivity contribution in [3.05, 3.63) is 51.2 Å². The summed E-state index contributed by atoms with van der Waals surface area (Å²) in [6.45, 7) is 0.595. The van der Waals surface area contributed by atoms with Gasteiger partial charge in [0.05, 0.1) is 6.33 Å². The molecule has 0 fully saturated rings. The third-order valence-corrected chi connectivity index (χ3v) is 2.74. The number of pyridine rings is 1. The summed E-state index contributed by atoms with van der Waals surface area (Å²) in [5, 5.41) is 3.06. The van der Waals surface area contributed by atoms with Gasteiger partial charge in [0.25, 0.3) is 5.56 Å². The quantitative estimate of drug-likeness (QED) is 0.895. The van der Waals surface area contributed by atoms with Crippen molar-refractivity contribution in [3.63, 3.8) is 0 Å². The van der Waals surface area contributed by atoms with Crippen LogP contribution in [0.4, 0.5) is 5.82 Å². The van der Waals surface area contributed by atoms with Crippen LogP contribution in [-0.2, 0) is 6.54 Å². The van der Waals surface area contributed by atoms with Crippen LogP contribution in [0.3, 0.4) is 0 Å². The van der Waals surface area contributed by atoms with Gasteiger partial charge in [-0.25, -0.2) is 4.98 Å². The molecule has 0 saturated carbocycles.